The smallest absolute Gasteiger partial charge is 0.243 e. The van der Waals surface area contributed by atoms with Gasteiger partial charge < -0.3 is 10.2 Å². The van der Waals surface area contributed by atoms with Gasteiger partial charge in [-0.05, 0) is 67.1 Å². The summed E-state index contributed by atoms with van der Waals surface area (Å²) in [5.74, 6) is -0.438. The van der Waals surface area contributed by atoms with Crippen molar-refractivity contribution in [1.82, 2.24) is 10.2 Å². The summed E-state index contributed by atoms with van der Waals surface area (Å²) >= 11 is 6.26. The van der Waals surface area contributed by atoms with Gasteiger partial charge in [0.05, 0.1) is 11.9 Å². The zero-order valence-electron chi connectivity index (χ0n) is 25.0. The molecule has 0 radical (unpaired) electrons. The van der Waals surface area contributed by atoms with Crippen molar-refractivity contribution in [2.45, 2.75) is 65.5 Å². The summed E-state index contributed by atoms with van der Waals surface area (Å²) in [6.45, 7) is 6.76. The van der Waals surface area contributed by atoms with Crippen LogP contribution >= 0.6 is 11.6 Å². The number of carbonyl (C=O) groups is 2. The van der Waals surface area contributed by atoms with E-state index in [0.717, 1.165) is 35.1 Å². The van der Waals surface area contributed by atoms with Crippen LogP contribution in [0.5, 0.6) is 0 Å². The van der Waals surface area contributed by atoms with Gasteiger partial charge in [0.15, 0.2) is 0 Å². The molecule has 0 fully saturated rings. The standard InChI is InChI=1S/C33H42ClN3O4S/c1-5-6-20-35-33(39)31(23-27-14-8-7-9-15-27)36(24-28-16-11-17-29(34)22-28)32(38)19-12-21-37(42(4,40)41)30-18-10-13-25(2)26(30)3/h7-11,13-18,22,31H,5-6,12,19-21,23-24H2,1-4H3,(H,35,39)/t31-/m1/s1. The van der Waals surface area contributed by atoms with Crippen LogP contribution < -0.4 is 9.62 Å². The van der Waals surface area contributed by atoms with Crippen LogP contribution in [0.25, 0.3) is 0 Å². The van der Waals surface area contributed by atoms with Gasteiger partial charge in [0.1, 0.15) is 6.04 Å². The molecule has 9 heteroatoms. The van der Waals surface area contributed by atoms with Gasteiger partial charge in [-0.1, -0.05) is 79.5 Å². The van der Waals surface area contributed by atoms with Crippen molar-refractivity contribution in [2.75, 3.05) is 23.7 Å². The number of rotatable bonds is 15. The van der Waals surface area contributed by atoms with Crippen molar-refractivity contribution in [2.24, 2.45) is 0 Å². The molecule has 0 aromatic heterocycles. The molecule has 3 aromatic carbocycles. The Kier molecular flexibility index (Phi) is 12.4. The number of aryl methyl sites for hydroxylation is 1. The van der Waals surface area contributed by atoms with Crippen LogP contribution in [0.4, 0.5) is 5.69 Å². The average Bonchev–Trinajstić information content (AvgIpc) is 2.94. The van der Waals surface area contributed by atoms with Crippen molar-refractivity contribution in [3.63, 3.8) is 0 Å². The van der Waals surface area contributed by atoms with Crippen LogP contribution in [-0.2, 0) is 32.6 Å². The van der Waals surface area contributed by atoms with E-state index in [2.05, 4.69) is 12.2 Å². The molecule has 0 aliphatic heterocycles. The number of unbranched alkanes of at least 4 members (excludes halogenated alkanes) is 1. The predicted molar refractivity (Wildman–Crippen MR) is 171 cm³/mol. The van der Waals surface area contributed by atoms with E-state index in [-0.39, 0.29) is 31.3 Å². The molecule has 0 saturated carbocycles. The fourth-order valence-electron chi connectivity index (χ4n) is 4.88. The molecule has 226 valence electrons. The summed E-state index contributed by atoms with van der Waals surface area (Å²) in [7, 11) is -3.58. The number of carbonyl (C=O) groups excluding carboxylic acids is 2. The Bertz CT molecular complexity index is 1450. The van der Waals surface area contributed by atoms with E-state index < -0.39 is 16.1 Å². The van der Waals surface area contributed by atoms with Crippen LogP contribution in [0.3, 0.4) is 0 Å². The predicted octanol–water partition coefficient (Wildman–Crippen LogP) is 6.06. The SMILES string of the molecule is CCCCNC(=O)[C@@H](Cc1ccccc1)N(Cc1cccc(Cl)c1)C(=O)CCCN(c1cccc(C)c1C)S(C)(=O)=O. The molecule has 2 amide bonds. The first-order chi connectivity index (χ1) is 20.0. The van der Waals surface area contributed by atoms with E-state index >= 15 is 0 Å². The first-order valence-electron chi connectivity index (χ1n) is 14.4. The summed E-state index contributed by atoms with van der Waals surface area (Å²) in [4.78, 5) is 29.1. The van der Waals surface area contributed by atoms with Crippen molar-refractivity contribution < 1.29 is 18.0 Å². The number of halogens is 1. The summed E-state index contributed by atoms with van der Waals surface area (Å²) in [5.41, 5.74) is 4.22. The quantitative estimate of drug-likeness (QED) is 0.212. The van der Waals surface area contributed by atoms with Gasteiger partial charge in [-0.3, -0.25) is 13.9 Å². The molecule has 1 N–H and O–H groups in total. The fraction of sp³-hybridized carbons (Fsp3) is 0.394. The van der Waals surface area contributed by atoms with E-state index in [9.17, 15) is 18.0 Å². The maximum absolute atomic E-state index is 13.9. The second-order valence-corrected chi connectivity index (χ2v) is 13.0. The van der Waals surface area contributed by atoms with Gasteiger partial charge in [0.2, 0.25) is 21.8 Å². The van der Waals surface area contributed by atoms with Crippen LogP contribution in [0.2, 0.25) is 5.02 Å². The Labute approximate surface area is 255 Å². The minimum absolute atomic E-state index is 0.0744. The zero-order valence-corrected chi connectivity index (χ0v) is 26.5. The average molecular weight is 612 g/mol. The van der Waals surface area contributed by atoms with E-state index in [0.29, 0.717) is 30.1 Å². The number of hydrogen-bond acceptors (Lipinski definition) is 4. The van der Waals surface area contributed by atoms with E-state index in [1.807, 2.05) is 68.4 Å². The highest BCUT2D eigenvalue weighted by Gasteiger charge is 2.30. The molecule has 0 unspecified atom stereocenters. The molecule has 0 spiro atoms. The fourth-order valence-corrected chi connectivity index (χ4v) is 6.11. The Morgan fingerprint density at radius 1 is 0.929 bits per heavy atom. The third kappa shape index (κ3) is 9.60. The summed E-state index contributed by atoms with van der Waals surface area (Å²) in [6, 6.07) is 21.7. The molecule has 42 heavy (non-hydrogen) atoms. The van der Waals surface area contributed by atoms with Crippen molar-refractivity contribution in [1.29, 1.82) is 0 Å². The highest BCUT2D eigenvalue weighted by molar-refractivity contribution is 7.92. The first kappa shape index (κ1) is 33.1. The molecule has 0 heterocycles. The molecular formula is C33H42ClN3O4S. The number of nitrogens with one attached hydrogen (secondary N) is 1. The Morgan fingerprint density at radius 2 is 1.62 bits per heavy atom. The maximum atomic E-state index is 13.9. The number of nitrogens with zero attached hydrogens (tertiary/aromatic N) is 2. The van der Waals surface area contributed by atoms with E-state index in [4.69, 9.17) is 11.6 Å². The molecule has 0 aliphatic rings. The lowest BCUT2D eigenvalue weighted by Crippen LogP contribution is -2.50. The van der Waals surface area contributed by atoms with Crippen molar-refractivity contribution >= 4 is 39.1 Å². The van der Waals surface area contributed by atoms with Crippen molar-refractivity contribution in [3.05, 3.63) is 100 Å². The summed E-state index contributed by atoms with van der Waals surface area (Å²) in [6.07, 6.45) is 3.67. The molecule has 1 atom stereocenters. The Balaban J connectivity index is 1.89. The highest BCUT2D eigenvalue weighted by atomic mass is 35.5. The normalized spacial score (nSPS) is 12.0. The van der Waals surface area contributed by atoms with Crippen LogP contribution in [-0.4, -0.2) is 50.5 Å². The molecule has 3 rings (SSSR count). The van der Waals surface area contributed by atoms with Crippen molar-refractivity contribution in [3.8, 4) is 0 Å². The van der Waals surface area contributed by atoms with Crippen LogP contribution in [0.15, 0.2) is 72.8 Å². The molecule has 7 nitrogen and oxygen atoms in total. The lowest BCUT2D eigenvalue weighted by atomic mass is 10.0. The van der Waals surface area contributed by atoms with Gasteiger partial charge in [0, 0.05) is 37.5 Å². The monoisotopic (exact) mass is 611 g/mol. The van der Waals surface area contributed by atoms with Crippen LogP contribution in [0.1, 0.15) is 54.9 Å². The Hall–Kier alpha value is -3.36. The van der Waals surface area contributed by atoms with Gasteiger partial charge >= 0.3 is 0 Å². The zero-order chi connectivity index (χ0) is 30.7. The highest BCUT2D eigenvalue weighted by Crippen LogP contribution is 2.26. The second kappa shape index (κ2) is 15.8. The lowest BCUT2D eigenvalue weighted by Gasteiger charge is -2.32. The molecule has 3 aromatic rings. The van der Waals surface area contributed by atoms with E-state index in [1.165, 1.54) is 10.6 Å². The summed E-state index contributed by atoms with van der Waals surface area (Å²) in [5, 5.41) is 3.56. The summed E-state index contributed by atoms with van der Waals surface area (Å²) < 4.78 is 26.9. The van der Waals surface area contributed by atoms with Gasteiger partial charge in [-0.2, -0.15) is 0 Å². The van der Waals surface area contributed by atoms with Gasteiger partial charge in [-0.25, -0.2) is 8.42 Å². The van der Waals surface area contributed by atoms with Crippen LogP contribution in [0, 0.1) is 13.8 Å². The Morgan fingerprint density at radius 3 is 2.29 bits per heavy atom. The third-order valence-corrected chi connectivity index (χ3v) is 8.75. The number of amides is 2. The third-order valence-electron chi connectivity index (χ3n) is 7.34. The minimum Gasteiger partial charge on any atom is -0.354 e. The molecular weight excluding hydrogens is 570 g/mol. The lowest BCUT2D eigenvalue weighted by molar-refractivity contribution is -0.141. The second-order valence-electron chi connectivity index (χ2n) is 10.7. The number of sulfonamides is 1. The molecule has 0 bridgehead atoms. The van der Waals surface area contributed by atoms with E-state index in [1.54, 1.807) is 23.1 Å². The number of hydrogen-bond donors (Lipinski definition) is 1. The number of anilines is 1. The molecule has 0 aliphatic carbocycles. The van der Waals surface area contributed by atoms with Gasteiger partial charge in [0.25, 0.3) is 0 Å². The minimum atomic E-state index is -3.58. The first-order valence-corrected chi connectivity index (χ1v) is 16.6. The molecule has 0 saturated heterocycles. The number of benzene rings is 3. The van der Waals surface area contributed by atoms with Gasteiger partial charge in [-0.15, -0.1) is 0 Å². The topological polar surface area (TPSA) is 86.8 Å². The maximum Gasteiger partial charge on any atom is 0.243 e. The largest absolute Gasteiger partial charge is 0.354 e.